The molecule has 2 aliphatic carbocycles. The van der Waals surface area contributed by atoms with Gasteiger partial charge in [0.05, 0.1) is 50.8 Å². The minimum absolute atomic E-state index is 0. The summed E-state index contributed by atoms with van der Waals surface area (Å²) in [4.78, 5) is 69.2. The average Bonchev–Trinajstić information content (AvgIpc) is 4.33. The molecule has 3 fully saturated rings. The largest absolute Gasteiger partial charge is 0.498 e. The van der Waals surface area contributed by atoms with E-state index in [4.69, 9.17) is 25.6 Å². The van der Waals surface area contributed by atoms with Crippen molar-refractivity contribution in [1.29, 1.82) is 10.5 Å². The van der Waals surface area contributed by atoms with E-state index in [-0.39, 0.29) is 37.1 Å². The van der Waals surface area contributed by atoms with Gasteiger partial charge in [0.1, 0.15) is 28.4 Å². The minimum atomic E-state index is -0.567. The highest BCUT2D eigenvalue weighted by molar-refractivity contribution is 9.10. The van der Waals surface area contributed by atoms with E-state index in [1.54, 1.807) is 117 Å². The van der Waals surface area contributed by atoms with Crippen molar-refractivity contribution in [3.8, 4) is 23.4 Å². The fraction of sp³-hybridized carbons (Fsp3) is 0.259. The molecule has 11 rings (SSSR count). The van der Waals surface area contributed by atoms with Crippen molar-refractivity contribution in [2.45, 2.75) is 91.0 Å². The fourth-order valence-corrected chi connectivity index (χ4v) is 8.16. The number of hydrogen-bond acceptors (Lipinski definition) is 14. The Hall–Kier alpha value is -8.50. The van der Waals surface area contributed by atoms with Crippen LogP contribution in [0.1, 0.15) is 120 Å². The number of pyridine rings is 6. The number of carbonyl (C=O) groups excluding carboxylic acids is 4. The molecular weight excluding hydrogens is 1020 g/mol. The van der Waals surface area contributed by atoms with Gasteiger partial charge < -0.3 is 15.0 Å². The third-order valence-corrected chi connectivity index (χ3v) is 13.5. The summed E-state index contributed by atoms with van der Waals surface area (Å²) in [5.41, 5.74) is 10.8. The molecule has 8 aromatic heterocycles. The Labute approximate surface area is 441 Å². The molecule has 0 aromatic carbocycles. The maximum absolute atomic E-state index is 13.5. The van der Waals surface area contributed by atoms with Gasteiger partial charge in [-0.1, -0.05) is 7.43 Å². The van der Waals surface area contributed by atoms with Gasteiger partial charge in [0.2, 0.25) is 5.91 Å². The Kier molecular flexibility index (Phi) is 15.2. The first-order valence-corrected chi connectivity index (χ1v) is 24.3. The van der Waals surface area contributed by atoms with Crippen LogP contribution in [0.4, 0.5) is 11.6 Å². The monoisotopic (exact) mass is 1070 g/mol. The molecule has 0 bridgehead atoms. The van der Waals surface area contributed by atoms with Crippen LogP contribution in [-0.4, -0.2) is 93.1 Å². The van der Waals surface area contributed by atoms with Gasteiger partial charge in [-0.25, -0.2) is 24.0 Å². The first-order chi connectivity index (χ1) is 35.4. The summed E-state index contributed by atoms with van der Waals surface area (Å²) in [6, 6.07) is 24.9. The lowest BCUT2D eigenvalue weighted by Gasteiger charge is -2.32. The Balaban J connectivity index is 0.000000167. The highest BCUT2D eigenvalue weighted by atomic mass is 79.9. The van der Waals surface area contributed by atoms with Crippen molar-refractivity contribution in [3.63, 3.8) is 0 Å². The SMILES string of the molecule is C.CC(=O)c1ccc(Br)nc1.CC1(C)OB(c2cnn3ccc(C(=O)N(c4ccc(C#N)cn4)C4CC4)cc23)OC1(C)C.N#Cc1ccc(N(C(=O)c2ccn3ncc(-c4ccc(C(N)=O)cn4)c3c2)C2CC2)nc1. The van der Waals surface area contributed by atoms with Crippen LogP contribution in [0.5, 0.6) is 0 Å². The Morgan fingerprint density at radius 2 is 1.16 bits per heavy atom. The molecule has 1 saturated heterocycles. The molecule has 21 heteroatoms. The number of nitrogens with zero attached hydrogens (tertiary/aromatic N) is 12. The number of carbonyl (C=O) groups is 4. The van der Waals surface area contributed by atoms with E-state index in [0.717, 1.165) is 46.8 Å². The van der Waals surface area contributed by atoms with Crippen LogP contribution >= 0.6 is 15.9 Å². The third kappa shape index (κ3) is 11.4. The van der Waals surface area contributed by atoms with Crippen molar-refractivity contribution in [3.05, 3.63) is 160 Å². The summed E-state index contributed by atoms with van der Waals surface area (Å²) < 4.78 is 16.5. The molecule has 1 aliphatic heterocycles. The van der Waals surface area contributed by atoms with Crippen molar-refractivity contribution in [1.82, 2.24) is 39.2 Å². The molecule has 3 aliphatic rings. The summed E-state index contributed by atoms with van der Waals surface area (Å²) in [6.07, 6.45) is 16.5. The number of primary amides is 1. The van der Waals surface area contributed by atoms with Gasteiger partial charge in [-0.05, 0) is 149 Å². The van der Waals surface area contributed by atoms with Gasteiger partial charge in [0.25, 0.3) is 11.8 Å². The van der Waals surface area contributed by atoms with E-state index in [9.17, 15) is 19.2 Å². The molecule has 0 spiro atoms. The van der Waals surface area contributed by atoms with E-state index < -0.39 is 24.2 Å². The fourth-order valence-electron chi connectivity index (χ4n) is 7.93. The number of Topliss-reactive ketones (excluding diaryl/α,β-unsaturated/α-hetero) is 1. The molecule has 9 heterocycles. The zero-order valence-electron chi connectivity index (χ0n) is 40.9. The number of halogens is 1. The number of fused-ring (bicyclic) bond motifs is 2. The molecule has 3 amide bonds. The van der Waals surface area contributed by atoms with Gasteiger partial charge in [-0.15, -0.1) is 0 Å². The number of aromatic nitrogens is 8. The van der Waals surface area contributed by atoms with Gasteiger partial charge in [-0.2, -0.15) is 20.7 Å². The zero-order chi connectivity index (χ0) is 52.5. The van der Waals surface area contributed by atoms with Crippen molar-refractivity contribution < 1.29 is 28.5 Å². The molecule has 75 heavy (non-hydrogen) atoms. The van der Waals surface area contributed by atoms with Crippen LogP contribution in [0, 0.1) is 22.7 Å². The topological polar surface area (TPSA) is 253 Å². The molecule has 2 N–H and O–H groups in total. The number of nitriles is 2. The van der Waals surface area contributed by atoms with E-state index in [1.807, 2.05) is 39.8 Å². The number of rotatable bonds is 10. The van der Waals surface area contributed by atoms with Crippen LogP contribution in [0.2, 0.25) is 0 Å². The van der Waals surface area contributed by atoms with E-state index in [1.165, 1.54) is 25.5 Å². The predicted octanol–water partition coefficient (Wildman–Crippen LogP) is 7.96. The summed E-state index contributed by atoms with van der Waals surface area (Å²) >= 11 is 3.17. The highest BCUT2D eigenvalue weighted by Gasteiger charge is 2.52. The maximum atomic E-state index is 13.5. The molecule has 378 valence electrons. The minimum Gasteiger partial charge on any atom is -0.399 e. The van der Waals surface area contributed by atoms with E-state index in [0.29, 0.717) is 56.2 Å². The summed E-state index contributed by atoms with van der Waals surface area (Å²) in [5, 5.41) is 26.8. The third-order valence-electron chi connectivity index (χ3n) is 13.0. The van der Waals surface area contributed by atoms with Gasteiger partial charge in [0, 0.05) is 83.2 Å². The van der Waals surface area contributed by atoms with Crippen molar-refractivity contribution >= 4 is 74.7 Å². The van der Waals surface area contributed by atoms with Gasteiger partial charge >= 0.3 is 7.12 Å². The second kappa shape index (κ2) is 21.5. The Morgan fingerprint density at radius 3 is 1.60 bits per heavy atom. The lowest BCUT2D eigenvalue weighted by Crippen LogP contribution is -2.41. The lowest BCUT2D eigenvalue weighted by atomic mass is 9.80. The second-order valence-corrected chi connectivity index (χ2v) is 19.6. The van der Waals surface area contributed by atoms with Crippen LogP contribution < -0.4 is 21.0 Å². The zero-order valence-corrected chi connectivity index (χ0v) is 42.5. The number of anilines is 2. The number of hydrogen-bond donors (Lipinski definition) is 1. The first-order valence-electron chi connectivity index (χ1n) is 23.5. The molecule has 8 aromatic rings. The Bertz CT molecular complexity index is 3510. The van der Waals surface area contributed by atoms with Crippen LogP contribution in [0.15, 0.2) is 127 Å². The molecule has 0 atom stereocenters. The van der Waals surface area contributed by atoms with Gasteiger partial charge in [0.15, 0.2) is 5.78 Å². The van der Waals surface area contributed by atoms with E-state index >= 15 is 0 Å². The molecule has 2 saturated carbocycles. The smallest absolute Gasteiger partial charge is 0.399 e. The average molecular weight is 1070 g/mol. The van der Waals surface area contributed by atoms with Crippen LogP contribution in [0.25, 0.3) is 22.3 Å². The van der Waals surface area contributed by atoms with Crippen LogP contribution in [-0.2, 0) is 9.31 Å². The summed E-state index contributed by atoms with van der Waals surface area (Å²) in [6.45, 7) is 9.54. The second-order valence-electron chi connectivity index (χ2n) is 18.8. The molecule has 0 unspecified atom stereocenters. The number of amides is 3. The lowest BCUT2D eigenvalue weighted by molar-refractivity contribution is 0.00578. The molecular formula is C54H51BBrN13O6. The molecule has 0 radical (unpaired) electrons. The number of nitrogens with two attached hydrogens (primary N) is 1. The predicted molar refractivity (Wildman–Crippen MR) is 284 cm³/mol. The van der Waals surface area contributed by atoms with Crippen molar-refractivity contribution in [2.24, 2.45) is 5.73 Å². The number of ketones is 1. The van der Waals surface area contributed by atoms with Crippen molar-refractivity contribution in [2.75, 3.05) is 9.80 Å². The Morgan fingerprint density at radius 1 is 0.653 bits per heavy atom. The summed E-state index contributed by atoms with van der Waals surface area (Å²) in [5.74, 6) is 0.267. The first kappa shape index (κ1) is 52.8. The maximum Gasteiger partial charge on any atom is 0.498 e. The standard InChI is InChI=1S/C23H24BN5O3.C23H17N7O2.C7H6BrNO.CH4/c1-22(2)23(3,4)32-24(31-22)18-14-27-28-10-9-16(11-19(18)28)21(30)29(17-6-7-17)20-8-5-15(12-25)13-26-20;24-10-14-1-6-21(27-11-14)30(17-3-4-17)23(32)15-7-8-29-20(9-15)18(13-28-29)19-5-2-16(12-26-19)22(25)31;1-5(10)6-2-3-7(8)9-4-6;/h5,8-11,13-14,17H,6-7H2,1-4H3;1-2,5-9,11-13,17H,3-4H2,(H2,25,31);2-4H,1H3;1H4. The summed E-state index contributed by atoms with van der Waals surface area (Å²) in [7, 11) is -0.567. The molecule has 19 nitrogen and oxygen atoms in total. The van der Waals surface area contributed by atoms with Crippen LogP contribution in [0.3, 0.4) is 0 Å². The quantitative estimate of drug-likeness (QED) is 0.0775. The normalized spacial score (nSPS) is 15.0. The van der Waals surface area contributed by atoms with E-state index in [2.05, 4.69) is 52.1 Å². The highest BCUT2D eigenvalue weighted by Crippen LogP contribution is 2.38. The van der Waals surface area contributed by atoms with Gasteiger partial charge in [-0.3, -0.25) is 34.0 Å².